The maximum absolute atomic E-state index is 12.2. The summed E-state index contributed by atoms with van der Waals surface area (Å²) in [5, 5.41) is 31.3. The summed E-state index contributed by atoms with van der Waals surface area (Å²) in [4.78, 5) is 57.8. The van der Waals surface area contributed by atoms with E-state index < -0.39 is 47.6 Å². The maximum atomic E-state index is 12.2. The van der Waals surface area contributed by atoms with Gasteiger partial charge in [0, 0.05) is 16.6 Å². The molecule has 14 heteroatoms. The second kappa shape index (κ2) is 12.9. The Morgan fingerprint density at radius 1 is 1.13 bits per heavy atom. The zero-order chi connectivity index (χ0) is 23.6. The molecular weight excluding hydrogens is 500 g/mol. The number of carboxylic acids is 2. The molecule has 7 N–H and O–H groups in total. The first-order chi connectivity index (χ1) is 14.5. The van der Waals surface area contributed by atoms with Gasteiger partial charge in [0.05, 0.1) is 5.69 Å². The van der Waals surface area contributed by atoms with Crippen molar-refractivity contribution in [3.63, 3.8) is 0 Å². The minimum absolute atomic E-state index is 0.166. The normalized spacial score (nSPS) is 12.4. The Hall–Kier alpha value is -2.68. The number of aliphatic carboxylic acids is 2. The summed E-state index contributed by atoms with van der Waals surface area (Å²) in [6.45, 7) is -0.710. The van der Waals surface area contributed by atoms with Crippen molar-refractivity contribution in [2.75, 3.05) is 17.4 Å². The first-order valence-corrected chi connectivity index (χ1v) is 10.5. The molecule has 3 amide bonds. The topological polar surface area (TPSA) is 199 Å². The van der Waals surface area contributed by atoms with Crippen LogP contribution in [0.15, 0.2) is 28.7 Å². The van der Waals surface area contributed by atoms with E-state index >= 15 is 0 Å². The number of nitrogens with zero attached hydrogens (tertiary/aromatic N) is 1. The summed E-state index contributed by atoms with van der Waals surface area (Å²) in [6, 6.07) is 3.54. The Balaban J connectivity index is 2.74. The van der Waals surface area contributed by atoms with Gasteiger partial charge in [-0.3, -0.25) is 29.2 Å². The van der Waals surface area contributed by atoms with Gasteiger partial charge in [0.15, 0.2) is 0 Å². The summed E-state index contributed by atoms with van der Waals surface area (Å²) in [6.07, 6.45) is -0.496. The van der Waals surface area contributed by atoms with Crippen LogP contribution in [-0.4, -0.2) is 68.8 Å². The van der Waals surface area contributed by atoms with Crippen LogP contribution >= 0.6 is 27.7 Å². The SMILES string of the molecule is NC(CCC(=O)N[C@@H](CSC(=O)N(O)c1ccc(Br)cc1)C(=O)NCC(=O)O)C(=O)O. The van der Waals surface area contributed by atoms with Crippen LogP contribution in [0.5, 0.6) is 0 Å². The molecule has 0 saturated carbocycles. The molecule has 0 aliphatic rings. The molecule has 12 nitrogen and oxygen atoms in total. The lowest BCUT2D eigenvalue weighted by Gasteiger charge is -2.19. The summed E-state index contributed by atoms with van der Waals surface area (Å²) >= 11 is 3.73. The fraction of sp³-hybridized carbons (Fsp3) is 0.353. The first-order valence-electron chi connectivity index (χ1n) is 8.69. The van der Waals surface area contributed by atoms with E-state index in [0.717, 1.165) is 4.47 Å². The standard InChI is InChI=1S/C17H21BrN4O8S/c18-9-1-3-10(4-2-9)22(30)17(29)31-8-12(15(26)20-7-14(24)25)21-13(23)6-5-11(19)16(27)28/h1-4,11-12,30H,5-8,19H2,(H,20,26)(H,21,23)(H,24,25)(H,27,28)/t11?,12-/m0/s1. The van der Waals surface area contributed by atoms with E-state index in [1.807, 2.05) is 0 Å². The van der Waals surface area contributed by atoms with Crippen molar-refractivity contribution in [3.05, 3.63) is 28.7 Å². The molecule has 1 rings (SSSR count). The number of carbonyl (C=O) groups excluding carboxylic acids is 3. The minimum Gasteiger partial charge on any atom is -0.480 e. The van der Waals surface area contributed by atoms with Gasteiger partial charge in [0.25, 0.3) is 0 Å². The number of carbonyl (C=O) groups is 5. The van der Waals surface area contributed by atoms with Crippen LogP contribution in [0.2, 0.25) is 0 Å². The highest BCUT2D eigenvalue weighted by molar-refractivity contribution is 9.10. The molecule has 0 spiro atoms. The second-order valence-electron chi connectivity index (χ2n) is 6.08. The Labute approximate surface area is 189 Å². The highest BCUT2D eigenvalue weighted by Crippen LogP contribution is 2.21. The van der Waals surface area contributed by atoms with Crippen molar-refractivity contribution in [2.45, 2.75) is 24.9 Å². The van der Waals surface area contributed by atoms with Crippen LogP contribution in [0.3, 0.4) is 0 Å². The van der Waals surface area contributed by atoms with Crippen molar-refractivity contribution < 1.29 is 39.4 Å². The molecule has 1 unspecified atom stereocenters. The van der Waals surface area contributed by atoms with E-state index in [2.05, 4.69) is 26.6 Å². The highest BCUT2D eigenvalue weighted by atomic mass is 79.9. The Bertz CT molecular complexity index is 823. The third-order valence-electron chi connectivity index (χ3n) is 3.68. The first kappa shape index (κ1) is 26.4. The van der Waals surface area contributed by atoms with Gasteiger partial charge in [-0.15, -0.1) is 0 Å². The molecule has 0 bridgehead atoms. The molecule has 0 radical (unpaired) electrons. The molecule has 0 aliphatic heterocycles. The van der Waals surface area contributed by atoms with Gasteiger partial charge in [-0.2, -0.15) is 5.06 Å². The smallest absolute Gasteiger partial charge is 0.322 e. The van der Waals surface area contributed by atoms with Gasteiger partial charge in [0.1, 0.15) is 18.6 Å². The van der Waals surface area contributed by atoms with Crippen molar-refractivity contribution in [3.8, 4) is 0 Å². The molecule has 0 aromatic heterocycles. The molecule has 0 saturated heterocycles. The number of carboxylic acid groups (broad SMARTS) is 2. The fourth-order valence-corrected chi connectivity index (χ4v) is 3.08. The molecule has 0 fully saturated rings. The molecule has 1 aromatic carbocycles. The van der Waals surface area contributed by atoms with Crippen molar-refractivity contribution in [1.82, 2.24) is 10.6 Å². The van der Waals surface area contributed by atoms with Crippen molar-refractivity contribution in [1.29, 1.82) is 0 Å². The highest BCUT2D eigenvalue weighted by Gasteiger charge is 2.25. The number of nitrogens with two attached hydrogens (primary N) is 1. The molecule has 2 atom stereocenters. The van der Waals surface area contributed by atoms with E-state index in [-0.39, 0.29) is 24.3 Å². The number of nitrogens with one attached hydrogen (secondary N) is 2. The van der Waals surface area contributed by atoms with Gasteiger partial charge < -0.3 is 26.6 Å². The van der Waals surface area contributed by atoms with E-state index in [1.165, 1.54) is 12.1 Å². The number of hydroxylamine groups is 1. The van der Waals surface area contributed by atoms with Crippen molar-refractivity contribution in [2.24, 2.45) is 5.73 Å². The molecule has 0 heterocycles. The lowest BCUT2D eigenvalue weighted by molar-refractivity contribution is -0.139. The van der Waals surface area contributed by atoms with Gasteiger partial charge >= 0.3 is 17.2 Å². The summed E-state index contributed by atoms with van der Waals surface area (Å²) in [7, 11) is 0. The average Bonchev–Trinajstić information content (AvgIpc) is 2.72. The van der Waals surface area contributed by atoms with Gasteiger partial charge in [0.2, 0.25) is 11.8 Å². The third kappa shape index (κ3) is 9.78. The number of anilines is 1. The molecular formula is C17H21BrN4O8S. The fourth-order valence-electron chi connectivity index (χ4n) is 2.05. The zero-order valence-corrected chi connectivity index (χ0v) is 18.4. The van der Waals surface area contributed by atoms with E-state index in [1.54, 1.807) is 12.1 Å². The molecule has 31 heavy (non-hydrogen) atoms. The zero-order valence-electron chi connectivity index (χ0n) is 16.0. The van der Waals surface area contributed by atoms with E-state index in [0.29, 0.717) is 16.8 Å². The molecule has 170 valence electrons. The van der Waals surface area contributed by atoms with Crippen LogP contribution in [0.25, 0.3) is 0 Å². The number of amides is 3. The predicted molar refractivity (Wildman–Crippen MR) is 114 cm³/mol. The summed E-state index contributed by atoms with van der Waals surface area (Å²) < 4.78 is 0.727. The number of hydrogen-bond acceptors (Lipinski definition) is 8. The van der Waals surface area contributed by atoms with Crippen LogP contribution in [0.4, 0.5) is 10.5 Å². The lowest BCUT2D eigenvalue weighted by Crippen LogP contribution is -2.50. The van der Waals surface area contributed by atoms with Gasteiger partial charge in [-0.25, -0.2) is 0 Å². The quantitative estimate of drug-likeness (QED) is 0.175. The number of rotatable bonds is 11. The Morgan fingerprint density at radius 3 is 2.29 bits per heavy atom. The predicted octanol–water partition coefficient (Wildman–Crippen LogP) is 0.376. The van der Waals surface area contributed by atoms with Crippen molar-refractivity contribution >= 4 is 62.4 Å². The molecule has 0 aliphatic carbocycles. The Kier molecular flexibility index (Phi) is 11.0. The third-order valence-corrected chi connectivity index (χ3v) is 5.13. The van der Waals surface area contributed by atoms with E-state index in [9.17, 15) is 29.2 Å². The van der Waals surface area contributed by atoms with Gasteiger partial charge in [-0.05, 0) is 30.7 Å². The summed E-state index contributed by atoms with van der Waals surface area (Å²) in [5.74, 6) is -4.51. The number of benzene rings is 1. The van der Waals surface area contributed by atoms with Gasteiger partial charge in [-0.1, -0.05) is 27.7 Å². The minimum atomic E-state index is -1.32. The maximum Gasteiger partial charge on any atom is 0.322 e. The monoisotopic (exact) mass is 520 g/mol. The number of thioether (sulfide) groups is 1. The van der Waals surface area contributed by atoms with Crippen LogP contribution in [0, 0.1) is 0 Å². The van der Waals surface area contributed by atoms with E-state index in [4.69, 9.17) is 15.9 Å². The van der Waals surface area contributed by atoms with Crippen LogP contribution < -0.4 is 21.4 Å². The lowest BCUT2D eigenvalue weighted by atomic mass is 10.1. The van der Waals surface area contributed by atoms with Crippen LogP contribution in [0.1, 0.15) is 12.8 Å². The number of hydrogen-bond donors (Lipinski definition) is 6. The second-order valence-corrected chi connectivity index (χ2v) is 7.97. The van der Waals surface area contributed by atoms with Crippen LogP contribution in [-0.2, 0) is 19.2 Å². The molecule has 1 aromatic rings. The largest absolute Gasteiger partial charge is 0.480 e. The Morgan fingerprint density at radius 2 is 1.74 bits per heavy atom. The average molecular weight is 521 g/mol. The number of halogens is 1. The summed E-state index contributed by atoms with van der Waals surface area (Å²) in [5.41, 5.74) is 5.49.